The molecule has 25 heavy (non-hydrogen) atoms. The number of aromatic nitrogens is 2. The summed E-state index contributed by atoms with van der Waals surface area (Å²) in [6, 6.07) is 5.38. The molecule has 5 rings (SSSR count). The van der Waals surface area contributed by atoms with E-state index in [-0.39, 0.29) is 11.8 Å². The number of Topliss-reactive ketones (excluding diaryl/α,β-unsaturated/α-hetero) is 1. The molecule has 8 heteroatoms. The maximum Gasteiger partial charge on any atom is 0.219 e. The van der Waals surface area contributed by atoms with Crippen LogP contribution in [0.25, 0.3) is 0 Å². The molecule has 2 N–H and O–H groups in total. The van der Waals surface area contributed by atoms with Crippen molar-refractivity contribution in [2.75, 3.05) is 23.8 Å². The van der Waals surface area contributed by atoms with Gasteiger partial charge in [0, 0.05) is 17.7 Å². The molecular weight excluding hydrogens is 324 g/mol. The van der Waals surface area contributed by atoms with Crippen molar-refractivity contribution in [3.8, 4) is 11.5 Å². The van der Waals surface area contributed by atoms with Crippen LogP contribution in [-0.2, 0) is 4.79 Å². The first-order valence-corrected chi connectivity index (χ1v) is 8.31. The van der Waals surface area contributed by atoms with E-state index in [9.17, 15) is 4.79 Å². The van der Waals surface area contributed by atoms with Gasteiger partial charge in [-0.2, -0.15) is 0 Å². The van der Waals surface area contributed by atoms with Crippen molar-refractivity contribution < 1.29 is 18.9 Å². The fraction of sp³-hybridized carbons (Fsp3) is 0.353. The van der Waals surface area contributed by atoms with Crippen molar-refractivity contribution in [3.05, 3.63) is 35.0 Å². The van der Waals surface area contributed by atoms with Gasteiger partial charge in [-0.3, -0.25) is 4.79 Å². The largest absolute Gasteiger partial charge is 0.486 e. The van der Waals surface area contributed by atoms with Gasteiger partial charge in [0.15, 0.2) is 17.3 Å². The fourth-order valence-electron chi connectivity index (χ4n) is 3.53. The van der Waals surface area contributed by atoms with E-state index in [1.165, 1.54) is 0 Å². The number of hydrogen-bond acceptors (Lipinski definition) is 8. The summed E-state index contributed by atoms with van der Waals surface area (Å²) < 4.78 is 16.1. The van der Waals surface area contributed by atoms with Crippen LogP contribution in [0.4, 0.5) is 11.6 Å². The molecule has 1 aliphatic carbocycles. The second kappa shape index (κ2) is 5.51. The van der Waals surface area contributed by atoms with E-state index < -0.39 is 0 Å². The first-order valence-electron chi connectivity index (χ1n) is 8.31. The Morgan fingerprint density at radius 2 is 1.88 bits per heavy atom. The molecule has 0 radical (unpaired) electrons. The van der Waals surface area contributed by atoms with E-state index in [2.05, 4.69) is 20.9 Å². The third kappa shape index (κ3) is 2.33. The van der Waals surface area contributed by atoms with E-state index in [1.54, 1.807) is 0 Å². The van der Waals surface area contributed by atoms with Crippen LogP contribution in [0, 0.1) is 0 Å². The smallest absolute Gasteiger partial charge is 0.219 e. The lowest BCUT2D eigenvalue weighted by molar-refractivity contribution is -0.116. The normalized spacial score (nSPS) is 21.6. The minimum Gasteiger partial charge on any atom is -0.486 e. The molecule has 1 unspecified atom stereocenters. The Morgan fingerprint density at radius 1 is 1.04 bits per heavy atom. The Morgan fingerprint density at radius 3 is 2.80 bits per heavy atom. The van der Waals surface area contributed by atoms with Crippen molar-refractivity contribution >= 4 is 17.4 Å². The average molecular weight is 340 g/mol. The highest BCUT2D eigenvalue weighted by atomic mass is 16.6. The predicted molar refractivity (Wildman–Crippen MR) is 87.6 cm³/mol. The summed E-state index contributed by atoms with van der Waals surface area (Å²) in [5.74, 6) is 2.52. The molecule has 0 saturated carbocycles. The number of ether oxygens (including phenoxy) is 2. The molecule has 2 aromatic rings. The SMILES string of the molecule is O=C1CCCC2=C1C(c1ccc3c(c1)OCCO3)Nc1nonc1N2. The molecule has 0 saturated heterocycles. The number of nitrogens with one attached hydrogen (secondary N) is 2. The molecule has 1 aromatic carbocycles. The zero-order valence-electron chi connectivity index (χ0n) is 13.4. The zero-order valence-corrected chi connectivity index (χ0v) is 13.4. The molecule has 3 heterocycles. The molecule has 8 nitrogen and oxygen atoms in total. The van der Waals surface area contributed by atoms with E-state index in [4.69, 9.17) is 14.1 Å². The van der Waals surface area contributed by atoms with Gasteiger partial charge in [-0.25, -0.2) is 4.63 Å². The van der Waals surface area contributed by atoms with Crippen LogP contribution >= 0.6 is 0 Å². The van der Waals surface area contributed by atoms with Crippen molar-refractivity contribution in [2.24, 2.45) is 0 Å². The van der Waals surface area contributed by atoms with Crippen LogP contribution in [0.3, 0.4) is 0 Å². The fourth-order valence-corrected chi connectivity index (χ4v) is 3.53. The molecule has 1 aromatic heterocycles. The Bertz CT molecular complexity index is 889. The summed E-state index contributed by atoms with van der Waals surface area (Å²) in [5, 5.41) is 14.3. The highest BCUT2D eigenvalue weighted by Crippen LogP contribution is 2.41. The molecule has 0 bridgehead atoms. The maximum absolute atomic E-state index is 12.7. The maximum atomic E-state index is 12.7. The first kappa shape index (κ1) is 14.3. The standard InChI is InChI=1S/C17H16N4O4/c22-11-3-1-2-10-14(11)15(19-17-16(18-10)20-25-21-17)9-4-5-12-13(8-9)24-7-6-23-12/h4-5,8,15H,1-3,6-7H2,(H,18,20)(H,19,21). The van der Waals surface area contributed by atoms with Gasteiger partial charge in [-0.1, -0.05) is 6.07 Å². The number of carbonyl (C=O) groups excluding carboxylic acids is 1. The van der Waals surface area contributed by atoms with E-state index in [0.717, 1.165) is 35.4 Å². The highest BCUT2D eigenvalue weighted by molar-refractivity contribution is 6.00. The number of nitrogens with zero attached hydrogens (tertiary/aromatic N) is 2. The predicted octanol–water partition coefficient (Wildman–Crippen LogP) is 2.43. The van der Waals surface area contributed by atoms with E-state index >= 15 is 0 Å². The van der Waals surface area contributed by atoms with Crippen LogP contribution in [0.5, 0.6) is 11.5 Å². The number of carbonyl (C=O) groups is 1. The third-order valence-corrected chi connectivity index (χ3v) is 4.68. The van der Waals surface area contributed by atoms with Gasteiger partial charge in [0.25, 0.3) is 0 Å². The van der Waals surface area contributed by atoms with Gasteiger partial charge in [0.05, 0.1) is 6.04 Å². The van der Waals surface area contributed by atoms with E-state index in [1.807, 2.05) is 18.2 Å². The van der Waals surface area contributed by atoms with Crippen LogP contribution in [0.2, 0.25) is 0 Å². The Hall–Kier alpha value is -3.03. The number of rotatable bonds is 1. The quantitative estimate of drug-likeness (QED) is 0.817. The summed E-state index contributed by atoms with van der Waals surface area (Å²) in [4.78, 5) is 12.7. The van der Waals surface area contributed by atoms with Gasteiger partial charge < -0.3 is 20.1 Å². The second-order valence-corrected chi connectivity index (χ2v) is 6.24. The van der Waals surface area contributed by atoms with Gasteiger partial charge >= 0.3 is 0 Å². The van der Waals surface area contributed by atoms with Crippen molar-refractivity contribution in [3.63, 3.8) is 0 Å². The first-order chi connectivity index (χ1) is 12.3. The molecule has 1 atom stereocenters. The minimum absolute atomic E-state index is 0.128. The summed E-state index contributed by atoms with van der Waals surface area (Å²) in [5.41, 5.74) is 2.51. The van der Waals surface area contributed by atoms with Crippen molar-refractivity contribution in [1.82, 2.24) is 10.3 Å². The summed E-state index contributed by atoms with van der Waals surface area (Å²) in [6.45, 7) is 1.06. The van der Waals surface area contributed by atoms with Crippen LogP contribution < -0.4 is 20.1 Å². The lowest BCUT2D eigenvalue weighted by Gasteiger charge is -2.26. The molecular formula is C17H16N4O4. The monoisotopic (exact) mass is 340 g/mol. The lowest BCUT2D eigenvalue weighted by atomic mass is 9.86. The van der Waals surface area contributed by atoms with Crippen molar-refractivity contribution in [2.45, 2.75) is 25.3 Å². The molecule has 2 aliphatic heterocycles. The summed E-state index contributed by atoms with van der Waals surface area (Å²) in [7, 11) is 0. The highest BCUT2D eigenvalue weighted by Gasteiger charge is 2.34. The van der Waals surface area contributed by atoms with Crippen molar-refractivity contribution in [1.29, 1.82) is 0 Å². The Kier molecular flexibility index (Phi) is 3.16. The number of anilines is 2. The summed E-state index contributed by atoms with van der Waals surface area (Å²) in [6.07, 6.45) is 2.15. The van der Waals surface area contributed by atoms with Crippen LogP contribution in [0.15, 0.2) is 34.1 Å². The van der Waals surface area contributed by atoms with Crippen LogP contribution in [0.1, 0.15) is 30.9 Å². The third-order valence-electron chi connectivity index (χ3n) is 4.68. The summed E-state index contributed by atoms with van der Waals surface area (Å²) >= 11 is 0. The molecule has 3 aliphatic rings. The van der Waals surface area contributed by atoms with E-state index in [0.29, 0.717) is 37.0 Å². The van der Waals surface area contributed by atoms with Gasteiger partial charge in [0.2, 0.25) is 11.6 Å². The number of allylic oxidation sites excluding steroid dienone is 1. The molecule has 0 fully saturated rings. The zero-order chi connectivity index (χ0) is 16.8. The number of fused-ring (bicyclic) bond motifs is 2. The average Bonchev–Trinajstić information content (AvgIpc) is 3.00. The molecule has 0 spiro atoms. The van der Waals surface area contributed by atoms with Gasteiger partial charge in [0.1, 0.15) is 13.2 Å². The van der Waals surface area contributed by atoms with Gasteiger partial charge in [-0.15, -0.1) is 0 Å². The Labute approximate surface area is 143 Å². The molecule has 0 amide bonds. The minimum atomic E-state index is -0.348. The van der Waals surface area contributed by atoms with Gasteiger partial charge in [-0.05, 0) is 40.9 Å². The van der Waals surface area contributed by atoms with Crippen LogP contribution in [-0.4, -0.2) is 29.3 Å². The second-order valence-electron chi connectivity index (χ2n) is 6.24. The Balaban J connectivity index is 1.63. The lowest BCUT2D eigenvalue weighted by Crippen LogP contribution is -2.24. The molecule has 128 valence electrons. The number of ketones is 1. The number of hydrogen-bond donors (Lipinski definition) is 2. The number of benzene rings is 1. The topological polar surface area (TPSA) is 98.5 Å².